The molecule has 0 saturated carbocycles. The lowest BCUT2D eigenvalue weighted by atomic mass is 9.75. The molecule has 1 aromatic heterocycles. The fourth-order valence-corrected chi connectivity index (χ4v) is 6.82. The van der Waals surface area contributed by atoms with Gasteiger partial charge in [-0.1, -0.05) is 107 Å². The van der Waals surface area contributed by atoms with E-state index in [9.17, 15) is 0 Å². The lowest BCUT2D eigenvalue weighted by Gasteiger charge is -2.37. The molecule has 0 amide bonds. The van der Waals surface area contributed by atoms with Gasteiger partial charge in [0.05, 0.1) is 5.69 Å². The minimum Gasteiger partial charge on any atom is -0.456 e. The average molecular weight is 589 g/mol. The first-order chi connectivity index (χ1) is 21.8. The number of hydrogen-bond donors (Lipinski definition) is 0. The van der Waals surface area contributed by atoms with Crippen molar-refractivity contribution in [2.24, 2.45) is 0 Å². The van der Waals surface area contributed by atoms with Crippen LogP contribution >= 0.6 is 0 Å². The first-order valence-electron chi connectivity index (χ1n) is 15.2. The zero-order chi connectivity index (χ0) is 30.8. The summed E-state index contributed by atoms with van der Waals surface area (Å²) in [6, 6.07) is 37.7. The molecule has 0 unspecified atom stereocenters. The van der Waals surface area contributed by atoms with Gasteiger partial charge >= 0.3 is 0 Å². The maximum Gasteiger partial charge on any atom is 0.237 e. The topological polar surface area (TPSA) is 60.4 Å². The summed E-state index contributed by atoms with van der Waals surface area (Å²) in [5.74, 6) is 3.95. The maximum atomic E-state index is 6.64. The van der Waals surface area contributed by atoms with E-state index >= 15 is 0 Å². The van der Waals surface area contributed by atoms with E-state index in [1.54, 1.807) is 0 Å². The second-order valence-electron chi connectivity index (χ2n) is 12.6. The third kappa shape index (κ3) is 4.20. The van der Waals surface area contributed by atoms with E-state index in [1.165, 1.54) is 23.8 Å². The first-order valence-corrected chi connectivity index (χ1v) is 15.2. The molecule has 6 aromatic rings. The molecule has 6 heteroatoms. The van der Waals surface area contributed by atoms with Crippen LogP contribution in [0.1, 0.15) is 49.9 Å². The van der Waals surface area contributed by atoms with Crippen LogP contribution in [-0.2, 0) is 10.8 Å². The fraction of sp³-hybridized carbons (Fsp3) is 0.154. The molecule has 0 spiro atoms. The minimum atomic E-state index is -0.256. The lowest BCUT2D eigenvalue weighted by Crippen LogP contribution is -2.25. The van der Waals surface area contributed by atoms with Crippen molar-refractivity contribution in [2.75, 3.05) is 4.90 Å². The number of para-hydroxylation sites is 4. The summed E-state index contributed by atoms with van der Waals surface area (Å²) < 4.78 is 13.2. The lowest BCUT2D eigenvalue weighted by molar-refractivity contribution is 0.419. The molecule has 6 nitrogen and oxygen atoms in total. The molecule has 0 radical (unpaired) electrons. The van der Waals surface area contributed by atoms with Gasteiger partial charge in [-0.2, -0.15) is 0 Å². The number of benzene rings is 5. The number of hydrogen-bond acceptors (Lipinski definition) is 6. The minimum absolute atomic E-state index is 0.186. The maximum absolute atomic E-state index is 6.64. The van der Waals surface area contributed by atoms with E-state index in [0.717, 1.165) is 56.6 Å². The van der Waals surface area contributed by atoms with Crippen LogP contribution in [0.15, 0.2) is 122 Å². The molecule has 0 aliphatic carbocycles. The number of fused-ring (bicyclic) bond motifs is 4. The van der Waals surface area contributed by atoms with Crippen molar-refractivity contribution in [1.29, 1.82) is 0 Å². The Bertz CT molecular complexity index is 2070. The van der Waals surface area contributed by atoms with E-state index < -0.39 is 0 Å². The van der Waals surface area contributed by atoms with Crippen LogP contribution in [0, 0.1) is 0 Å². The van der Waals surface area contributed by atoms with Crippen molar-refractivity contribution in [1.82, 2.24) is 15.0 Å². The summed E-state index contributed by atoms with van der Waals surface area (Å²) in [5, 5.41) is 0. The van der Waals surface area contributed by atoms with E-state index in [-0.39, 0.29) is 10.8 Å². The van der Waals surface area contributed by atoms with Gasteiger partial charge in [0, 0.05) is 44.3 Å². The summed E-state index contributed by atoms with van der Waals surface area (Å²) in [6.07, 6.45) is 3.04. The van der Waals surface area contributed by atoms with Crippen molar-refractivity contribution in [2.45, 2.75) is 38.5 Å². The number of ether oxygens (including phenoxy) is 2. The van der Waals surface area contributed by atoms with Crippen LogP contribution in [0.2, 0.25) is 0 Å². The second-order valence-corrected chi connectivity index (χ2v) is 12.6. The van der Waals surface area contributed by atoms with Crippen molar-refractivity contribution in [3.05, 3.63) is 144 Å². The predicted molar refractivity (Wildman–Crippen MR) is 177 cm³/mol. The van der Waals surface area contributed by atoms with Crippen LogP contribution in [0.5, 0.6) is 23.0 Å². The van der Waals surface area contributed by atoms with Gasteiger partial charge in [0.2, 0.25) is 5.95 Å². The zero-order valence-corrected chi connectivity index (χ0v) is 25.7. The zero-order valence-electron chi connectivity index (χ0n) is 25.7. The molecule has 0 N–H and O–H groups in total. The SMILES string of the molecule is CC1(C)c2ccccc2Oc2c(-c3ccc(N(c4ncncn4)c4cccc5c4Oc4ccccc4C5(C)C)cc3)cccc21. The molecule has 8 rings (SSSR count). The third-order valence-corrected chi connectivity index (χ3v) is 9.26. The Kier molecular flexibility index (Phi) is 6.04. The van der Waals surface area contributed by atoms with Crippen molar-refractivity contribution >= 4 is 17.3 Å². The smallest absolute Gasteiger partial charge is 0.237 e. The molecular weight excluding hydrogens is 556 g/mol. The Morgan fingerprint density at radius 2 is 1.07 bits per heavy atom. The molecular formula is C39H32N4O2. The highest BCUT2D eigenvalue weighted by molar-refractivity contribution is 5.82. The number of anilines is 3. The van der Waals surface area contributed by atoms with Gasteiger partial charge in [0.25, 0.3) is 0 Å². The molecule has 45 heavy (non-hydrogen) atoms. The van der Waals surface area contributed by atoms with Gasteiger partial charge < -0.3 is 9.47 Å². The van der Waals surface area contributed by atoms with E-state index in [1.807, 2.05) is 23.1 Å². The van der Waals surface area contributed by atoms with Crippen molar-refractivity contribution in [3.8, 4) is 34.1 Å². The monoisotopic (exact) mass is 588 g/mol. The van der Waals surface area contributed by atoms with Gasteiger partial charge in [-0.05, 0) is 35.9 Å². The molecule has 220 valence electrons. The van der Waals surface area contributed by atoms with Crippen LogP contribution in [-0.4, -0.2) is 15.0 Å². The average Bonchev–Trinajstić information content (AvgIpc) is 3.06. The molecule has 0 atom stereocenters. The van der Waals surface area contributed by atoms with Crippen LogP contribution < -0.4 is 14.4 Å². The summed E-state index contributed by atoms with van der Waals surface area (Å²) in [7, 11) is 0. The highest BCUT2D eigenvalue weighted by Crippen LogP contribution is 2.54. The highest BCUT2D eigenvalue weighted by atomic mass is 16.5. The molecule has 3 heterocycles. The quantitative estimate of drug-likeness (QED) is 0.204. The van der Waals surface area contributed by atoms with Gasteiger partial charge in [-0.25, -0.2) is 15.0 Å². The summed E-state index contributed by atoms with van der Waals surface area (Å²) in [4.78, 5) is 15.2. The van der Waals surface area contributed by atoms with Crippen molar-refractivity contribution < 1.29 is 9.47 Å². The molecule has 0 fully saturated rings. The Labute approximate surface area is 263 Å². The number of rotatable bonds is 4. The fourth-order valence-electron chi connectivity index (χ4n) is 6.82. The second kappa shape index (κ2) is 10.0. The Hall–Kier alpha value is -5.49. The van der Waals surface area contributed by atoms with Gasteiger partial charge in [-0.3, -0.25) is 4.90 Å². The Morgan fingerprint density at radius 1 is 0.533 bits per heavy atom. The molecule has 0 bridgehead atoms. The first kappa shape index (κ1) is 27.1. The molecule has 2 aliphatic heterocycles. The standard InChI is InChI=1S/C39H32N4O2/c1-38(2)28-12-5-7-17-33(28)44-35-27(11-9-14-30(35)38)25-19-21-26(22-20-25)43(37-41-23-40-24-42-37)32-16-10-15-31-36(32)45-34-18-8-6-13-29(34)39(31,3)4/h5-24H,1-4H3. The Balaban J connectivity index is 1.24. The van der Waals surface area contributed by atoms with E-state index in [4.69, 9.17) is 9.47 Å². The van der Waals surface area contributed by atoms with E-state index in [2.05, 4.69) is 134 Å². The summed E-state index contributed by atoms with van der Waals surface area (Å²) in [5.41, 5.74) is 8.04. The van der Waals surface area contributed by atoms with Gasteiger partial charge in [0.15, 0.2) is 5.75 Å². The largest absolute Gasteiger partial charge is 0.456 e. The summed E-state index contributed by atoms with van der Waals surface area (Å²) >= 11 is 0. The van der Waals surface area contributed by atoms with E-state index in [0.29, 0.717) is 5.95 Å². The molecule has 5 aromatic carbocycles. The van der Waals surface area contributed by atoms with Gasteiger partial charge in [0.1, 0.15) is 29.9 Å². The van der Waals surface area contributed by atoms with Crippen molar-refractivity contribution in [3.63, 3.8) is 0 Å². The van der Waals surface area contributed by atoms with Crippen LogP contribution in [0.4, 0.5) is 17.3 Å². The van der Waals surface area contributed by atoms with Crippen LogP contribution in [0.25, 0.3) is 11.1 Å². The Morgan fingerprint density at radius 3 is 1.71 bits per heavy atom. The predicted octanol–water partition coefficient (Wildman–Crippen LogP) is 9.87. The summed E-state index contributed by atoms with van der Waals surface area (Å²) in [6.45, 7) is 8.99. The highest BCUT2D eigenvalue weighted by Gasteiger charge is 2.37. The third-order valence-electron chi connectivity index (χ3n) is 9.26. The van der Waals surface area contributed by atoms with Crippen LogP contribution in [0.3, 0.4) is 0 Å². The van der Waals surface area contributed by atoms with Gasteiger partial charge in [-0.15, -0.1) is 0 Å². The number of nitrogens with zero attached hydrogens (tertiary/aromatic N) is 4. The normalized spacial score (nSPS) is 14.9. The molecule has 0 saturated heterocycles. The number of aromatic nitrogens is 3. The molecule has 2 aliphatic rings.